The Kier molecular flexibility index (Phi) is 9.01. The molecule has 2 rings (SSSR count). The van der Waals surface area contributed by atoms with Crippen molar-refractivity contribution < 1.29 is 14.5 Å². The van der Waals surface area contributed by atoms with Crippen LogP contribution < -0.4 is 15.4 Å². The molecule has 9 heteroatoms. The molecule has 0 fully saturated rings. The molecule has 29 heavy (non-hydrogen) atoms. The summed E-state index contributed by atoms with van der Waals surface area (Å²) < 4.78 is 6.13. The van der Waals surface area contributed by atoms with Gasteiger partial charge in [0, 0.05) is 22.2 Å². The topological polar surface area (TPSA) is 93.5 Å². The number of nitrogens with one attached hydrogen (secondary N) is 2. The molecule has 1 amide bonds. The molecule has 2 aromatic rings. The van der Waals surface area contributed by atoms with Gasteiger partial charge in [-0.05, 0) is 64.9 Å². The van der Waals surface area contributed by atoms with Gasteiger partial charge in [0.2, 0.25) is 0 Å². The van der Waals surface area contributed by atoms with Gasteiger partial charge >= 0.3 is 0 Å². The summed E-state index contributed by atoms with van der Waals surface area (Å²) in [7, 11) is 0. The van der Waals surface area contributed by atoms with Crippen molar-refractivity contribution in [2.45, 2.75) is 32.6 Å². The molecule has 0 saturated carbocycles. The third-order valence-electron chi connectivity index (χ3n) is 4.02. The number of nitrogens with zero attached hydrogens (tertiary/aromatic N) is 1. The second-order valence-electron chi connectivity index (χ2n) is 6.26. The van der Waals surface area contributed by atoms with Crippen LogP contribution in [0.5, 0.6) is 5.75 Å². The lowest BCUT2D eigenvalue weighted by Crippen LogP contribution is -2.34. The van der Waals surface area contributed by atoms with Crippen LogP contribution in [0.3, 0.4) is 0 Å². The third-order valence-corrected chi connectivity index (χ3v) is 4.88. The summed E-state index contributed by atoms with van der Waals surface area (Å²) in [5.41, 5.74) is 0.896. The van der Waals surface area contributed by atoms with Gasteiger partial charge in [-0.25, -0.2) is 0 Å². The monoisotopic (exact) mass is 479 g/mol. The smallest absolute Gasteiger partial charge is 0.270 e. The van der Waals surface area contributed by atoms with Crippen molar-refractivity contribution in [1.29, 1.82) is 0 Å². The number of non-ortho nitro benzene ring substituents is 1. The van der Waals surface area contributed by atoms with E-state index in [0.29, 0.717) is 28.1 Å². The van der Waals surface area contributed by atoms with Crippen LogP contribution in [0.4, 0.5) is 11.4 Å². The summed E-state index contributed by atoms with van der Waals surface area (Å²) in [5, 5.41) is 16.3. The molecular weight excluding hydrogens is 458 g/mol. The third kappa shape index (κ3) is 7.43. The first-order valence-electron chi connectivity index (χ1n) is 9.20. The fraction of sp³-hybridized carbons (Fsp3) is 0.300. The van der Waals surface area contributed by atoms with E-state index in [4.69, 9.17) is 17.0 Å². The molecule has 0 heterocycles. The first-order chi connectivity index (χ1) is 13.9. The van der Waals surface area contributed by atoms with E-state index in [2.05, 4.69) is 33.5 Å². The summed E-state index contributed by atoms with van der Waals surface area (Å²) in [6.45, 7) is 2.82. The number of carbonyl (C=O) groups is 1. The number of nitro benzene ring substituents is 1. The van der Waals surface area contributed by atoms with Crippen LogP contribution in [0.1, 0.15) is 43.0 Å². The SMILES string of the molecule is CCCCCCOc1ccc(C(=O)NC(=S)Nc2ccc([N+](=O)[O-])cc2Br)cc1. The summed E-state index contributed by atoms with van der Waals surface area (Å²) in [6, 6.07) is 11.0. The standard InChI is InChI=1S/C20H22BrN3O4S/c1-2-3-4-5-12-28-16-9-6-14(7-10-16)19(25)23-20(29)22-18-11-8-15(24(26)27)13-17(18)21/h6-11,13H,2-5,12H2,1H3,(H2,22,23,25,29). The van der Waals surface area contributed by atoms with E-state index < -0.39 is 4.92 Å². The normalized spacial score (nSPS) is 10.3. The van der Waals surface area contributed by atoms with Crippen LogP contribution in [0.15, 0.2) is 46.9 Å². The quantitative estimate of drug-likeness (QED) is 0.215. The number of unbranched alkanes of at least 4 members (excludes halogenated alkanes) is 3. The van der Waals surface area contributed by atoms with E-state index in [1.807, 2.05) is 0 Å². The highest BCUT2D eigenvalue weighted by atomic mass is 79.9. The highest BCUT2D eigenvalue weighted by Crippen LogP contribution is 2.27. The number of amides is 1. The molecule has 2 N–H and O–H groups in total. The number of halogens is 1. The van der Waals surface area contributed by atoms with Gasteiger partial charge in [-0.1, -0.05) is 26.2 Å². The molecule has 0 bridgehead atoms. The van der Waals surface area contributed by atoms with Crippen molar-refractivity contribution >= 4 is 50.5 Å². The van der Waals surface area contributed by atoms with E-state index >= 15 is 0 Å². The molecule has 0 aliphatic heterocycles. The molecule has 0 aromatic heterocycles. The van der Waals surface area contributed by atoms with Gasteiger partial charge < -0.3 is 10.1 Å². The zero-order chi connectivity index (χ0) is 21.2. The summed E-state index contributed by atoms with van der Waals surface area (Å²) in [6.07, 6.45) is 4.54. The highest BCUT2D eigenvalue weighted by molar-refractivity contribution is 9.10. The number of hydrogen-bond acceptors (Lipinski definition) is 5. The number of anilines is 1. The number of nitro groups is 1. The zero-order valence-electron chi connectivity index (χ0n) is 15.9. The number of ether oxygens (including phenoxy) is 1. The number of hydrogen-bond donors (Lipinski definition) is 2. The highest BCUT2D eigenvalue weighted by Gasteiger charge is 2.12. The molecular formula is C20H22BrN3O4S. The summed E-state index contributed by atoms with van der Waals surface area (Å²) >= 11 is 8.40. The van der Waals surface area contributed by atoms with E-state index in [-0.39, 0.29) is 16.7 Å². The molecule has 0 radical (unpaired) electrons. The minimum Gasteiger partial charge on any atom is -0.494 e. The van der Waals surface area contributed by atoms with Crippen molar-refractivity contribution in [3.05, 3.63) is 62.6 Å². The summed E-state index contributed by atoms with van der Waals surface area (Å²) in [4.78, 5) is 22.6. The van der Waals surface area contributed by atoms with Gasteiger partial charge in [0.15, 0.2) is 5.11 Å². The van der Waals surface area contributed by atoms with E-state index in [1.54, 1.807) is 24.3 Å². The molecule has 0 unspecified atom stereocenters. The molecule has 2 aromatic carbocycles. The van der Waals surface area contributed by atoms with Gasteiger partial charge in [0.05, 0.1) is 17.2 Å². The molecule has 154 valence electrons. The minimum absolute atomic E-state index is 0.0509. The number of benzene rings is 2. The first-order valence-corrected chi connectivity index (χ1v) is 10.4. The van der Waals surface area contributed by atoms with Gasteiger partial charge in [-0.3, -0.25) is 20.2 Å². The Morgan fingerprint density at radius 1 is 1.17 bits per heavy atom. The fourth-order valence-electron chi connectivity index (χ4n) is 2.47. The maximum atomic E-state index is 12.3. The van der Waals surface area contributed by atoms with Crippen LogP contribution in [-0.4, -0.2) is 22.5 Å². The average Bonchev–Trinajstić information content (AvgIpc) is 2.69. The maximum absolute atomic E-state index is 12.3. The number of carbonyl (C=O) groups excluding carboxylic acids is 1. The van der Waals surface area contributed by atoms with Crippen LogP contribution in [0, 0.1) is 10.1 Å². The Balaban J connectivity index is 1.86. The molecule has 0 atom stereocenters. The van der Waals surface area contributed by atoms with Crippen LogP contribution >= 0.6 is 28.1 Å². The molecule has 7 nitrogen and oxygen atoms in total. The van der Waals surface area contributed by atoms with Gasteiger partial charge in [0.1, 0.15) is 5.75 Å². The van der Waals surface area contributed by atoms with Crippen LogP contribution in [0.25, 0.3) is 0 Å². The predicted octanol–water partition coefficient (Wildman–Crippen LogP) is 5.44. The maximum Gasteiger partial charge on any atom is 0.270 e. The largest absolute Gasteiger partial charge is 0.494 e. The van der Waals surface area contributed by atoms with Crippen molar-refractivity contribution in [1.82, 2.24) is 5.32 Å². The lowest BCUT2D eigenvalue weighted by molar-refractivity contribution is -0.384. The van der Waals surface area contributed by atoms with Gasteiger partial charge in [-0.2, -0.15) is 0 Å². The molecule has 0 aliphatic carbocycles. The Labute approximate surface area is 183 Å². The summed E-state index contributed by atoms with van der Waals surface area (Å²) in [5.74, 6) is 0.351. The molecule has 0 aliphatic rings. The van der Waals surface area contributed by atoms with E-state index in [9.17, 15) is 14.9 Å². The van der Waals surface area contributed by atoms with Gasteiger partial charge in [-0.15, -0.1) is 0 Å². The Morgan fingerprint density at radius 3 is 2.52 bits per heavy atom. The fourth-order valence-corrected chi connectivity index (χ4v) is 3.14. The van der Waals surface area contributed by atoms with E-state index in [0.717, 1.165) is 12.8 Å². The van der Waals surface area contributed by atoms with Crippen LogP contribution in [-0.2, 0) is 0 Å². The van der Waals surface area contributed by atoms with Crippen molar-refractivity contribution in [3.8, 4) is 5.75 Å². The average molecular weight is 480 g/mol. The zero-order valence-corrected chi connectivity index (χ0v) is 18.3. The van der Waals surface area contributed by atoms with Crippen molar-refractivity contribution in [3.63, 3.8) is 0 Å². The lowest BCUT2D eigenvalue weighted by Gasteiger charge is -2.11. The van der Waals surface area contributed by atoms with Crippen molar-refractivity contribution in [2.24, 2.45) is 0 Å². The second-order valence-corrected chi connectivity index (χ2v) is 7.53. The molecule has 0 saturated heterocycles. The predicted molar refractivity (Wildman–Crippen MR) is 121 cm³/mol. The minimum atomic E-state index is -0.493. The molecule has 0 spiro atoms. The first kappa shape index (κ1) is 22.8. The number of thiocarbonyl (C=S) groups is 1. The Morgan fingerprint density at radius 2 is 1.90 bits per heavy atom. The second kappa shape index (κ2) is 11.5. The van der Waals surface area contributed by atoms with Gasteiger partial charge in [0.25, 0.3) is 11.6 Å². The van der Waals surface area contributed by atoms with E-state index in [1.165, 1.54) is 31.0 Å². The van der Waals surface area contributed by atoms with Crippen LogP contribution in [0.2, 0.25) is 0 Å². The Bertz CT molecular complexity index is 875. The van der Waals surface area contributed by atoms with Crippen molar-refractivity contribution in [2.75, 3.05) is 11.9 Å². The Hall–Kier alpha value is -2.52. The number of rotatable bonds is 9. The lowest BCUT2D eigenvalue weighted by atomic mass is 10.2.